The molecule has 0 unspecified atom stereocenters. The van der Waals surface area contributed by atoms with Crippen molar-refractivity contribution < 1.29 is 31.5 Å². The van der Waals surface area contributed by atoms with Crippen LogP contribution in [0.25, 0.3) is 0 Å². The van der Waals surface area contributed by atoms with E-state index in [0.717, 1.165) is 25.0 Å². The first-order valence-corrected chi connectivity index (χ1v) is 13.4. The Labute approximate surface area is 192 Å². The van der Waals surface area contributed by atoms with Crippen LogP contribution in [0, 0.1) is 0 Å². The molecule has 2 aliphatic heterocycles. The zero-order valence-electron chi connectivity index (χ0n) is 17.8. The van der Waals surface area contributed by atoms with E-state index in [1.54, 1.807) is 0 Å². The Balaban J connectivity index is 1.52. The highest BCUT2D eigenvalue weighted by atomic mass is 32.2. The van der Waals surface area contributed by atoms with Gasteiger partial charge >= 0.3 is 0 Å². The standard InChI is InChI=1S/C21H25N3O7S2/c25-20-8-7-18(33(29,30)24-11-13-31-14-12-24)15-19(20)21(26)22-16-3-5-17(6-4-16)32(27,28)23-9-1-2-10-23/h3-8,15,25H,1-2,9-14H2,(H,22,26). The van der Waals surface area contributed by atoms with Crippen molar-refractivity contribution in [1.82, 2.24) is 8.61 Å². The topological polar surface area (TPSA) is 133 Å². The molecule has 0 atom stereocenters. The lowest BCUT2D eigenvalue weighted by atomic mass is 10.2. The first-order chi connectivity index (χ1) is 15.7. The van der Waals surface area contributed by atoms with Crippen LogP contribution in [0.5, 0.6) is 5.75 Å². The fraction of sp³-hybridized carbons (Fsp3) is 0.381. The van der Waals surface area contributed by atoms with Crippen LogP contribution < -0.4 is 5.32 Å². The number of benzene rings is 2. The summed E-state index contributed by atoms with van der Waals surface area (Å²) in [5.41, 5.74) is 0.0966. The summed E-state index contributed by atoms with van der Waals surface area (Å²) >= 11 is 0. The maximum atomic E-state index is 12.9. The van der Waals surface area contributed by atoms with Gasteiger partial charge in [-0.25, -0.2) is 16.8 Å². The number of carbonyl (C=O) groups excluding carboxylic acids is 1. The van der Waals surface area contributed by atoms with Crippen molar-refractivity contribution in [3.8, 4) is 5.75 Å². The number of sulfonamides is 2. The SMILES string of the molecule is O=C(Nc1ccc(S(=O)(=O)N2CCCC2)cc1)c1cc(S(=O)(=O)N2CCOCC2)ccc1O. The van der Waals surface area contributed by atoms with E-state index in [1.807, 2.05) is 0 Å². The van der Waals surface area contributed by atoms with Crippen molar-refractivity contribution in [3.63, 3.8) is 0 Å². The summed E-state index contributed by atoms with van der Waals surface area (Å²) in [6.45, 7) is 1.96. The van der Waals surface area contributed by atoms with E-state index in [4.69, 9.17) is 4.74 Å². The minimum atomic E-state index is -3.85. The number of anilines is 1. The molecular formula is C21H25N3O7S2. The second-order valence-electron chi connectivity index (χ2n) is 7.79. The predicted molar refractivity (Wildman–Crippen MR) is 120 cm³/mol. The van der Waals surface area contributed by atoms with Crippen molar-refractivity contribution in [3.05, 3.63) is 48.0 Å². The lowest BCUT2D eigenvalue weighted by Gasteiger charge is -2.26. The summed E-state index contributed by atoms with van der Waals surface area (Å²) in [5, 5.41) is 12.7. The van der Waals surface area contributed by atoms with Crippen LogP contribution in [0.4, 0.5) is 5.69 Å². The molecule has 4 rings (SSSR count). The molecule has 2 saturated heterocycles. The van der Waals surface area contributed by atoms with Gasteiger partial charge in [-0.3, -0.25) is 4.79 Å². The van der Waals surface area contributed by atoms with Crippen molar-refractivity contribution in [2.45, 2.75) is 22.6 Å². The number of rotatable bonds is 6. The lowest BCUT2D eigenvalue weighted by Crippen LogP contribution is -2.40. The second kappa shape index (κ2) is 9.39. The van der Waals surface area contributed by atoms with Gasteiger partial charge in [0.25, 0.3) is 5.91 Å². The number of morpholine rings is 1. The van der Waals surface area contributed by atoms with Crippen molar-refractivity contribution in [2.75, 3.05) is 44.7 Å². The molecule has 2 fully saturated rings. The molecule has 33 heavy (non-hydrogen) atoms. The number of nitrogens with zero attached hydrogens (tertiary/aromatic N) is 2. The number of ether oxygens (including phenoxy) is 1. The van der Waals surface area contributed by atoms with Gasteiger partial charge in [0.15, 0.2) is 0 Å². The molecule has 0 saturated carbocycles. The highest BCUT2D eigenvalue weighted by molar-refractivity contribution is 7.89. The summed E-state index contributed by atoms with van der Waals surface area (Å²) in [4.78, 5) is 12.8. The quantitative estimate of drug-likeness (QED) is 0.620. The number of aromatic hydroxyl groups is 1. The summed E-state index contributed by atoms with van der Waals surface area (Å²) in [7, 11) is -7.42. The second-order valence-corrected chi connectivity index (χ2v) is 11.7. The summed E-state index contributed by atoms with van der Waals surface area (Å²) in [6.07, 6.45) is 1.66. The van der Waals surface area contributed by atoms with Crippen LogP contribution in [-0.2, 0) is 24.8 Å². The number of phenols is 1. The predicted octanol–water partition coefficient (Wildman–Crippen LogP) is 1.45. The Morgan fingerprint density at radius 2 is 1.36 bits per heavy atom. The van der Waals surface area contributed by atoms with E-state index in [2.05, 4.69) is 5.32 Å². The van der Waals surface area contributed by atoms with Crippen LogP contribution in [-0.4, -0.2) is 75.9 Å². The third kappa shape index (κ3) is 4.89. The average molecular weight is 496 g/mol. The molecule has 2 heterocycles. The maximum Gasteiger partial charge on any atom is 0.259 e. The normalized spacial score (nSPS) is 18.3. The molecule has 2 N–H and O–H groups in total. The first-order valence-electron chi connectivity index (χ1n) is 10.5. The van der Waals surface area contributed by atoms with Crippen molar-refractivity contribution in [2.24, 2.45) is 0 Å². The van der Waals surface area contributed by atoms with Gasteiger partial charge in [-0.15, -0.1) is 0 Å². The lowest BCUT2D eigenvalue weighted by molar-refractivity contribution is 0.0730. The molecule has 0 radical (unpaired) electrons. The van der Waals surface area contributed by atoms with Gasteiger partial charge in [0.2, 0.25) is 20.0 Å². The molecule has 10 nitrogen and oxygen atoms in total. The summed E-state index contributed by atoms with van der Waals surface area (Å²) in [5.74, 6) is -1.09. The van der Waals surface area contributed by atoms with Gasteiger partial charge < -0.3 is 15.2 Å². The Hall–Kier alpha value is -2.51. The third-order valence-electron chi connectivity index (χ3n) is 5.64. The van der Waals surface area contributed by atoms with Gasteiger partial charge in [-0.2, -0.15) is 8.61 Å². The van der Waals surface area contributed by atoms with Crippen LogP contribution in [0.1, 0.15) is 23.2 Å². The van der Waals surface area contributed by atoms with Crippen molar-refractivity contribution >= 4 is 31.6 Å². The van der Waals surface area contributed by atoms with E-state index >= 15 is 0 Å². The molecule has 12 heteroatoms. The maximum absolute atomic E-state index is 12.9. The smallest absolute Gasteiger partial charge is 0.259 e. The Morgan fingerprint density at radius 3 is 2.00 bits per heavy atom. The minimum absolute atomic E-state index is 0.112. The largest absolute Gasteiger partial charge is 0.507 e. The fourth-order valence-corrected chi connectivity index (χ4v) is 6.73. The Morgan fingerprint density at radius 1 is 0.818 bits per heavy atom. The molecule has 1 amide bonds. The number of hydrogen-bond donors (Lipinski definition) is 2. The average Bonchev–Trinajstić information content (AvgIpc) is 3.36. The molecule has 2 aromatic rings. The van der Waals surface area contributed by atoms with E-state index in [1.165, 1.54) is 38.9 Å². The Bertz CT molecular complexity index is 1230. The molecule has 0 bridgehead atoms. The number of amides is 1. The minimum Gasteiger partial charge on any atom is -0.507 e. The van der Waals surface area contributed by atoms with Crippen molar-refractivity contribution in [1.29, 1.82) is 0 Å². The van der Waals surface area contributed by atoms with E-state index < -0.39 is 26.0 Å². The fourth-order valence-electron chi connectivity index (χ4n) is 3.78. The molecular weight excluding hydrogens is 470 g/mol. The number of nitrogens with one attached hydrogen (secondary N) is 1. The van der Waals surface area contributed by atoms with Gasteiger partial charge in [0.05, 0.1) is 28.6 Å². The zero-order valence-corrected chi connectivity index (χ0v) is 19.4. The highest BCUT2D eigenvalue weighted by Crippen LogP contribution is 2.26. The summed E-state index contributed by atoms with van der Waals surface area (Å²) < 4.78 is 58.9. The van der Waals surface area contributed by atoms with Crippen LogP contribution >= 0.6 is 0 Å². The first kappa shape index (κ1) is 23.6. The zero-order chi connectivity index (χ0) is 23.6. The summed E-state index contributed by atoms with van der Waals surface area (Å²) in [6, 6.07) is 9.24. The monoisotopic (exact) mass is 495 g/mol. The third-order valence-corrected chi connectivity index (χ3v) is 9.44. The van der Waals surface area contributed by atoms with E-state index in [-0.39, 0.29) is 47.4 Å². The number of hydrogen-bond acceptors (Lipinski definition) is 7. The van der Waals surface area contributed by atoms with Crippen LogP contribution in [0.15, 0.2) is 52.3 Å². The molecule has 2 aliphatic rings. The molecule has 0 aromatic heterocycles. The van der Waals surface area contributed by atoms with Gasteiger partial charge in [-0.05, 0) is 55.3 Å². The molecule has 0 aliphatic carbocycles. The van der Waals surface area contributed by atoms with Gasteiger partial charge in [-0.1, -0.05) is 0 Å². The van der Waals surface area contributed by atoms with E-state index in [0.29, 0.717) is 18.8 Å². The Kier molecular flexibility index (Phi) is 6.73. The van der Waals surface area contributed by atoms with Gasteiger partial charge in [0.1, 0.15) is 5.75 Å². The number of carbonyl (C=O) groups is 1. The van der Waals surface area contributed by atoms with E-state index in [9.17, 15) is 26.7 Å². The molecule has 178 valence electrons. The molecule has 0 spiro atoms. The van der Waals surface area contributed by atoms with Crippen LogP contribution in [0.2, 0.25) is 0 Å². The molecule has 2 aromatic carbocycles. The highest BCUT2D eigenvalue weighted by Gasteiger charge is 2.29. The van der Waals surface area contributed by atoms with Crippen LogP contribution in [0.3, 0.4) is 0 Å². The number of phenolic OH excluding ortho intramolecular Hbond substituents is 1. The van der Waals surface area contributed by atoms with Gasteiger partial charge in [0, 0.05) is 31.9 Å².